The molecule has 10 N–H and O–H groups in total. The van der Waals surface area contributed by atoms with Gasteiger partial charge in [-0.2, -0.15) is 39.2 Å². The number of hydrogen-bond donors (Lipinski definition) is 4. The molecule has 0 aliphatic rings. The first-order chi connectivity index (χ1) is 11.3. The van der Waals surface area contributed by atoms with E-state index in [9.17, 15) is 0 Å². The van der Waals surface area contributed by atoms with Crippen molar-refractivity contribution >= 4 is 59.9 Å². The molecule has 0 aromatic carbocycles. The summed E-state index contributed by atoms with van der Waals surface area (Å²) < 4.78 is 2.90. The summed E-state index contributed by atoms with van der Waals surface area (Å²) in [4.78, 5) is 15.4. The fourth-order valence-corrected chi connectivity index (χ4v) is 2.08. The fraction of sp³-hybridized carbons (Fsp3) is 0.167. The Balaban J connectivity index is 0.000000451. The summed E-state index contributed by atoms with van der Waals surface area (Å²) in [6, 6.07) is 3.57. The zero-order valence-corrected chi connectivity index (χ0v) is 16.0. The van der Waals surface area contributed by atoms with Gasteiger partial charge in [0, 0.05) is 12.1 Å². The zero-order valence-electron chi connectivity index (χ0n) is 14.4. The van der Waals surface area contributed by atoms with E-state index in [0.717, 1.165) is 11.4 Å². The molecule has 4 heterocycles. The van der Waals surface area contributed by atoms with E-state index in [1.54, 1.807) is 12.1 Å². The van der Waals surface area contributed by atoms with Crippen LogP contribution in [-0.4, -0.2) is 44.6 Å². The maximum absolute atomic E-state index is 5.54. The SMILES string of the molecule is Cc1cc2nc(N)nc(N)n2n1.Cc1cc2nc(N)nc(N)n2n1.Cl.Cl.O. The molecule has 27 heavy (non-hydrogen) atoms. The van der Waals surface area contributed by atoms with E-state index in [4.69, 9.17) is 22.9 Å². The summed E-state index contributed by atoms with van der Waals surface area (Å²) in [5, 5.41) is 8.13. The van der Waals surface area contributed by atoms with E-state index in [1.807, 2.05) is 13.8 Å². The number of aromatic nitrogens is 8. The smallest absolute Gasteiger partial charge is 0.226 e. The average Bonchev–Trinajstić information content (AvgIpc) is 3.01. The molecule has 0 aliphatic heterocycles. The molecule has 0 amide bonds. The molecule has 0 saturated carbocycles. The Morgan fingerprint density at radius 2 is 1.00 bits per heavy atom. The van der Waals surface area contributed by atoms with Gasteiger partial charge in [0.25, 0.3) is 0 Å². The number of halogens is 2. The molecule has 0 radical (unpaired) electrons. The van der Waals surface area contributed by atoms with Crippen LogP contribution in [-0.2, 0) is 0 Å². The number of aryl methyl sites for hydroxylation is 2. The first-order valence-corrected chi connectivity index (χ1v) is 6.84. The van der Waals surface area contributed by atoms with Crippen LogP contribution >= 0.6 is 24.8 Å². The van der Waals surface area contributed by atoms with Crippen LogP contribution in [0.1, 0.15) is 11.4 Å². The molecule has 0 bridgehead atoms. The lowest BCUT2D eigenvalue weighted by Gasteiger charge is -1.97. The van der Waals surface area contributed by atoms with Crippen molar-refractivity contribution in [1.82, 2.24) is 39.2 Å². The van der Waals surface area contributed by atoms with Crippen molar-refractivity contribution in [3.8, 4) is 0 Å². The van der Waals surface area contributed by atoms with Gasteiger partial charge in [0.15, 0.2) is 11.3 Å². The third-order valence-electron chi connectivity index (χ3n) is 2.98. The lowest BCUT2D eigenvalue weighted by atomic mass is 10.5. The van der Waals surface area contributed by atoms with Crippen molar-refractivity contribution < 1.29 is 5.48 Å². The molecule has 0 saturated heterocycles. The largest absolute Gasteiger partial charge is 0.412 e. The van der Waals surface area contributed by atoms with Gasteiger partial charge in [-0.3, -0.25) is 0 Å². The van der Waals surface area contributed by atoms with Crippen LogP contribution in [0.15, 0.2) is 12.1 Å². The minimum absolute atomic E-state index is 0. The Bertz CT molecular complexity index is 962. The molecule has 0 unspecified atom stereocenters. The quantitative estimate of drug-likeness (QED) is 0.278. The Morgan fingerprint density at radius 3 is 1.33 bits per heavy atom. The Hall–Kier alpha value is -3.16. The Morgan fingerprint density at radius 1 is 0.667 bits per heavy atom. The van der Waals surface area contributed by atoms with Gasteiger partial charge in [-0.1, -0.05) is 0 Å². The van der Waals surface area contributed by atoms with E-state index < -0.39 is 0 Å². The monoisotopic (exact) mass is 418 g/mol. The number of nitrogen functional groups attached to an aromatic ring is 4. The summed E-state index contributed by atoms with van der Waals surface area (Å²) in [6.07, 6.45) is 0. The van der Waals surface area contributed by atoms with E-state index in [1.165, 1.54) is 9.03 Å². The highest BCUT2D eigenvalue weighted by Gasteiger charge is 2.04. The molecule has 0 fully saturated rings. The number of anilines is 4. The standard InChI is InChI=1S/2C6H8N6.2ClH.H2O/c2*1-3-2-4-9-5(7)10-6(8)12(4)11-3;;;/h2*2H,1H3,(H4,7,8,9,10);2*1H;1H2. The van der Waals surface area contributed by atoms with Crippen LogP contribution in [0.5, 0.6) is 0 Å². The van der Waals surface area contributed by atoms with Gasteiger partial charge in [0.2, 0.25) is 23.8 Å². The third kappa shape index (κ3) is 4.93. The predicted octanol–water partition coefficient (Wildman–Crippen LogP) is -0.787. The van der Waals surface area contributed by atoms with Crippen LogP contribution in [0, 0.1) is 13.8 Å². The number of nitrogens with two attached hydrogens (primary N) is 4. The number of fused-ring (bicyclic) bond motifs is 2. The molecule has 13 nitrogen and oxygen atoms in total. The zero-order chi connectivity index (χ0) is 17.4. The summed E-state index contributed by atoms with van der Waals surface area (Å²) >= 11 is 0. The van der Waals surface area contributed by atoms with E-state index in [0.29, 0.717) is 11.3 Å². The van der Waals surface area contributed by atoms with Gasteiger partial charge < -0.3 is 28.4 Å². The van der Waals surface area contributed by atoms with E-state index >= 15 is 0 Å². The van der Waals surface area contributed by atoms with Crippen LogP contribution in [0.25, 0.3) is 11.3 Å². The molecule has 0 spiro atoms. The minimum atomic E-state index is 0. The Labute approximate surface area is 165 Å². The van der Waals surface area contributed by atoms with Gasteiger partial charge in [-0.05, 0) is 13.8 Å². The van der Waals surface area contributed by atoms with Gasteiger partial charge in [0.1, 0.15) is 0 Å². The van der Waals surface area contributed by atoms with Gasteiger partial charge >= 0.3 is 0 Å². The maximum atomic E-state index is 5.54. The van der Waals surface area contributed by atoms with Crippen molar-refractivity contribution in [2.45, 2.75) is 13.8 Å². The molecule has 0 atom stereocenters. The number of hydrogen-bond acceptors (Lipinski definition) is 10. The highest BCUT2D eigenvalue weighted by molar-refractivity contribution is 5.85. The second-order valence-electron chi connectivity index (χ2n) is 4.99. The number of nitrogens with zero attached hydrogens (tertiary/aromatic N) is 8. The van der Waals surface area contributed by atoms with Crippen molar-refractivity contribution in [2.24, 2.45) is 0 Å². The highest BCUT2D eigenvalue weighted by Crippen LogP contribution is 2.08. The predicted molar refractivity (Wildman–Crippen MR) is 107 cm³/mol. The van der Waals surface area contributed by atoms with E-state index in [2.05, 4.69) is 30.1 Å². The molecular formula is C12H20Cl2N12O. The molecular weight excluding hydrogens is 399 g/mol. The fourth-order valence-electron chi connectivity index (χ4n) is 2.08. The van der Waals surface area contributed by atoms with Gasteiger partial charge in [-0.25, -0.2) is 0 Å². The van der Waals surface area contributed by atoms with Crippen LogP contribution < -0.4 is 22.9 Å². The Kier molecular flexibility index (Phi) is 7.92. The molecule has 4 aromatic heterocycles. The lowest BCUT2D eigenvalue weighted by Crippen LogP contribution is -2.06. The molecule has 0 aliphatic carbocycles. The second-order valence-corrected chi connectivity index (χ2v) is 4.99. The first kappa shape index (κ1) is 23.8. The third-order valence-corrected chi connectivity index (χ3v) is 2.98. The minimum Gasteiger partial charge on any atom is -0.412 e. The normalized spacial score (nSPS) is 9.56. The van der Waals surface area contributed by atoms with Crippen molar-refractivity contribution in [3.05, 3.63) is 23.5 Å². The molecule has 4 rings (SSSR count). The lowest BCUT2D eigenvalue weighted by molar-refractivity contribution is 0.824. The first-order valence-electron chi connectivity index (χ1n) is 6.84. The second kappa shape index (κ2) is 8.98. The summed E-state index contributed by atoms with van der Waals surface area (Å²) in [6.45, 7) is 3.70. The molecule has 4 aromatic rings. The summed E-state index contributed by atoms with van der Waals surface area (Å²) in [5.74, 6) is 0.844. The van der Waals surface area contributed by atoms with Crippen molar-refractivity contribution in [1.29, 1.82) is 0 Å². The average molecular weight is 419 g/mol. The van der Waals surface area contributed by atoms with Crippen molar-refractivity contribution in [3.63, 3.8) is 0 Å². The van der Waals surface area contributed by atoms with Crippen LogP contribution in [0.3, 0.4) is 0 Å². The summed E-state index contributed by atoms with van der Waals surface area (Å²) in [5.41, 5.74) is 24.8. The van der Waals surface area contributed by atoms with E-state index in [-0.39, 0.29) is 54.1 Å². The van der Waals surface area contributed by atoms with Crippen LogP contribution in [0.4, 0.5) is 23.8 Å². The van der Waals surface area contributed by atoms with Crippen LogP contribution in [0.2, 0.25) is 0 Å². The van der Waals surface area contributed by atoms with Gasteiger partial charge in [0.05, 0.1) is 11.4 Å². The van der Waals surface area contributed by atoms with Crippen molar-refractivity contribution in [2.75, 3.05) is 22.9 Å². The number of rotatable bonds is 0. The highest BCUT2D eigenvalue weighted by atomic mass is 35.5. The topological polar surface area (TPSA) is 222 Å². The summed E-state index contributed by atoms with van der Waals surface area (Å²) in [7, 11) is 0. The molecule has 148 valence electrons. The molecule has 15 heteroatoms. The maximum Gasteiger partial charge on any atom is 0.226 e. The van der Waals surface area contributed by atoms with Gasteiger partial charge in [-0.15, -0.1) is 24.8 Å².